The molecule has 0 bridgehead atoms. The standard InChI is InChI=1S/C14H17N3O3.ClH/c18-14(10-1-3-12(4-2-10)17(19)20)16-8-6-13-11(9-16)5-7-15-13;/h1-4,11,13,15H,5-9H2;1H. The van der Waals surface area contributed by atoms with Gasteiger partial charge in [0.15, 0.2) is 0 Å². The normalized spacial score (nSPS) is 24.1. The van der Waals surface area contributed by atoms with Crippen LogP contribution in [0.1, 0.15) is 23.2 Å². The Morgan fingerprint density at radius 3 is 2.67 bits per heavy atom. The maximum atomic E-state index is 12.4. The van der Waals surface area contributed by atoms with E-state index in [4.69, 9.17) is 0 Å². The van der Waals surface area contributed by atoms with Crippen molar-refractivity contribution >= 4 is 24.0 Å². The van der Waals surface area contributed by atoms with Crippen LogP contribution in [-0.4, -0.2) is 41.4 Å². The van der Waals surface area contributed by atoms with Crippen LogP contribution in [0.25, 0.3) is 0 Å². The van der Waals surface area contributed by atoms with Crippen molar-refractivity contribution in [1.82, 2.24) is 10.2 Å². The summed E-state index contributed by atoms with van der Waals surface area (Å²) in [7, 11) is 0. The van der Waals surface area contributed by atoms with E-state index in [0.717, 1.165) is 32.5 Å². The molecule has 114 valence electrons. The van der Waals surface area contributed by atoms with Gasteiger partial charge in [-0.05, 0) is 37.4 Å². The summed E-state index contributed by atoms with van der Waals surface area (Å²) in [6.45, 7) is 2.58. The molecule has 2 atom stereocenters. The molecule has 2 fully saturated rings. The van der Waals surface area contributed by atoms with Gasteiger partial charge in [-0.2, -0.15) is 0 Å². The van der Waals surface area contributed by atoms with Gasteiger partial charge in [-0.3, -0.25) is 14.9 Å². The van der Waals surface area contributed by atoms with E-state index in [2.05, 4.69) is 5.32 Å². The molecule has 7 heteroatoms. The minimum absolute atomic E-state index is 0. The smallest absolute Gasteiger partial charge is 0.269 e. The molecule has 1 amide bonds. The second-order valence-electron chi connectivity index (χ2n) is 5.45. The monoisotopic (exact) mass is 311 g/mol. The minimum atomic E-state index is -0.454. The van der Waals surface area contributed by atoms with Gasteiger partial charge < -0.3 is 10.2 Å². The van der Waals surface area contributed by atoms with E-state index in [1.807, 2.05) is 4.90 Å². The quantitative estimate of drug-likeness (QED) is 0.668. The third kappa shape index (κ3) is 3.16. The molecule has 0 spiro atoms. The van der Waals surface area contributed by atoms with Crippen molar-refractivity contribution in [1.29, 1.82) is 0 Å². The summed E-state index contributed by atoms with van der Waals surface area (Å²) in [5.74, 6) is 0.524. The van der Waals surface area contributed by atoms with E-state index in [1.54, 1.807) is 12.1 Å². The topological polar surface area (TPSA) is 75.5 Å². The van der Waals surface area contributed by atoms with Gasteiger partial charge in [0, 0.05) is 36.8 Å². The number of likely N-dealkylation sites (tertiary alicyclic amines) is 1. The highest BCUT2D eigenvalue weighted by molar-refractivity contribution is 5.94. The lowest BCUT2D eigenvalue weighted by Gasteiger charge is -2.34. The third-order valence-corrected chi connectivity index (χ3v) is 4.27. The Morgan fingerprint density at radius 1 is 1.29 bits per heavy atom. The average Bonchev–Trinajstić information content (AvgIpc) is 2.94. The number of amides is 1. The summed E-state index contributed by atoms with van der Waals surface area (Å²) < 4.78 is 0. The SMILES string of the molecule is Cl.O=C(c1ccc([N+](=O)[O-])cc1)N1CCC2NCCC2C1. The first-order valence-corrected chi connectivity index (χ1v) is 6.92. The summed E-state index contributed by atoms with van der Waals surface area (Å²) >= 11 is 0. The number of carbonyl (C=O) groups excluding carboxylic acids is 1. The molecule has 0 aromatic heterocycles. The first-order valence-electron chi connectivity index (χ1n) is 6.92. The van der Waals surface area contributed by atoms with Crippen LogP contribution in [0.5, 0.6) is 0 Å². The lowest BCUT2D eigenvalue weighted by molar-refractivity contribution is -0.384. The summed E-state index contributed by atoms with van der Waals surface area (Å²) in [4.78, 5) is 24.4. The Balaban J connectivity index is 0.00000161. The molecule has 21 heavy (non-hydrogen) atoms. The molecule has 1 aromatic carbocycles. The van der Waals surface area contributed by atoms with Crippen LogP contribution in [0.2, 0.25) is 0 Å². The fourth-order valence-corrected chi connectivity index (χ4v) is 3.14. The molecule has 2 saturated heterocycles. The lowest BCUT2D eigenvalue weighted by atomic mass is 9.93. The maximum absolute atomic E-state index is 12.4. The average molecular weight is 312 g/mol. The van der Waals surface area contributed by atoms with Crippen LogP contribution >= 0.6 is 12.4 Å². The van der Waals surface area contributed by atoms with Crippen LogP contribution in [0, 0.1) is 16.0 Å². The zero-order valence-electron chi connectivity index (χ0n) is 11.5. The van der Waals surface area contributed by atoms with E-state index in [9.17, 15) is 14.9 Å². The third-order valence-electron chi connectivity index (χ3n) is 4.27. The highest BCUT2D eigenvalue weighted by Crippen LogP contribution is 2.25. The number of hydrogen-bond donors (Lipinski definition) is 1. The van der Waals surface area contributed by atoms with Crippen molar-refractivity contribution < 1.29 is 9.72 Å². The van der Waals surface area contributed by atoms with Crippen LogP contribution < -0.4 is 5.32 Å². The Labute approximate surface area is 129 Å². The fourth-order valence-electron chi connectivity index (χ4n) is 3.14. The summed E-state index contributed by atoms with van der Waals surface area (Å²) in [5.41, 5.74) is 0.542. The van der Waals surface area contributed by atoms with E-state index in [1.165, 1.54) is 12.1 Å². The number of hydrogen-bond acceptors (Lipinski definition) is 4. The van der Waals surface area contributed by atoms with Gasteiger partial charge in [0.05, 0.1) is 4.92 Å². The highest BCUT2D eigenvalue weighted by Gasteiger charge is 2.34. The van der Waals surface area contributed by atoms with Crippen molar-refractivity contribution in [3.05, 3.63) is 39.9 Å². The number of nitro benzene ring substituents is 1. The number of rotatable bonds is 2. The molecule has 1 aromatic rings. The molecule has 0 saturated carbocycles. The van der Waals surface area contributed by atoms with Crippen molar-refractivity contribution in [2.75, 3.05) is 19.6 Å². The van der Waals surface area contributed by atoms with Crippen LogP contribution in [0.3, 0.4) is 0 Å². The molecular weight excluding hydrogens is 294 g/mol. The molecule has 2 heterocycles. The predicted octanol–water partition coefficient (Wildman–Crippen LogP) is 1.84. The number of fused-ring (bicyclic) bond motifs is 1. The number of nitro groups is 1. The molecule has 2 unspecified atom stereocenters. The second-order valence-corrected chi connectivity index (χ2v) is 5.45. The molecular formula is C14H18ClN3O3. The van der Waals surface area contributed by atoms with Crippen LogP contribution in [0.4, 0.5) is 5.69 Å². The molecule has 0 aliphatic carbocycles. The Kier molecular flexibility index (Phi) is 4.80. The largest absolute Gasteiger partial charge is 0.338 e. The maximum Gasteiger partial charge on any atom is 0.269 e. The minimum Gasteiger partial charge on any atom is -0.338 e. The Morgan fingerprint density at radius 2 is 2.00 bits per heavy atom. The molecule has 6 nitrogen and oxygen atoms in total. The van der Waals surface area contributed by atoms with Gasteiger partial charge >= 0.3 is 0 Å². The fraction of sp³-hybridized carbons (Fsp3) is 0.500. The zero-order chi connectivity index (χ0) is 14.1. The van der Waals surface area contributed by atoms with Crippen LogP contribution in [-0.2, 0) is 0 Å². The van der Waals surface area contributed by atoms with Gasteiger partial charge in [-0.25, -0.2) is 0 Å². The van der Waals surface area contributed by atoms with Gasteiger partial charge in [0.1, 0.15) is 0 Å². The van der Waals surface area contributed by atoms with Gasteiger partial charge in [-0.15, -0.1) is 12.4 Å². The van der Waals surface area contributed by atoms with E-state index >= 15 is 0 Å². The van der Waals surface area contributed by atoms with Crippen LogP contribution in [0.15, 0.2) is 24.3 Å². The van der Waals surface area contributed by atoms with Gasteiger partial charge in [0.25, 0.3) is 11.6 Å². The van der Waals surface area contributed by atoms with Gasteiger partial charge in [0.2, 0.25) is 0 Å². The zero-order valence-corrected chi connectivity index (χ0v) is 12.3. The summed E-state index contributed by atoms with van der Waals surface area (Å²) in [6, 6.07) is 6.41. The van der Waals surface area contributed by atoms with Crippen molar-refractivity contribution in [3.8, 4) is 0 Å². The Hall–Kier alpha value is -1.66. The number of non-ortho nitro benzene ring substituents is 1. The highest BCUT2D eigenvalue weighted by atomic mass is 35.5. The summed E-state index contributed by atoms with van der Waals surface area (Å²) in [5, 5.41) is 14.1. The van der Waals surface area contributed by atoms with Gasteiger partial charge in [-0.1, -0.05) is 0 Å². The van der Waals surface area contributed by atoms with E-state index in [0.29, 0.717) is 17.5 Å². The summed E-state index contributed by atoms with van der Waals surface area (Å²) in [6.07, 6.45) is 2.11. The number of nitrogens with zero attached hydrogens (tertiary/aromatic N) is 2. The second kappa shape index (κ2) is 6.41. The first-order chi connectivity index (χ1) is 9.65. The van der Waals surface area contributed by atoms with Crippen molar-refractivity contribution in [3.63, 3.8) is 0 Å². The Bertz CT molecular complexity index is 535. The predicted molar refractivity (Wildman–Crippen MR) is 80.8 cm³/mol. The number of nitrogens with one attached hydrogen (secondary N) is 1. The number of carbonyl (C=O) groups is 1. The van der Waals surface area contributed by atoms with Crippen molar-refractivity contribution in [2.45, 2.75) is 18.9 Å². The van der Waals surface area contributed by atoms with E-state index < -0.39 is 4.92 Å². The van der Waals surface area contributed by atoms with Crippen molar-refractivity contribution in [2.24, 2.45) is 5.92 Å². The first kappa shape index (κ1) is 15.7. The molecule has 2 aliphatic heterocycles. The molecule has 2 aliphatic rings. The molecule has 0 radical (unpaired) electrons. The number of halogens is 1. The molecule has 1 N–H and O–H groups in total. The molecule has 3 rings (SSSR count). The lowest BCUT2D eigenvalue weighted by Crippen LogP contribution is -2.46. The number of benzene rings is 1. The number of piperidine rings is 1. The van der Waals surface area contributed by atoms with E-state index in [-0.39, 0.29) is 24.0 Å².